The first kappa shape index (κ1) is 24.2. The first-order chi connectivity index (χ1) is 16.5. The molecule has 4 aromatic rings. The number of benzene rings is 2. The molecule has 4 N–H and O–H groups in total. The van der Waals surface area contributed by atoms with Crippen LogP contribution in [0.2, 0.25) is 5.02 Å². The largest absolute Gasteiger partial charge is 0.394 e. The lowest BCUT2D eigenvalue weighted by Gasteiger charge is -2.28. The summed E-state index contributed by atoms with van der Waals surface area (Å²) in [6, 6.07) is 15.2. The van der Waals surface area contributed by atoms with E-state index in [4.69, 9.17) is 11.6 Å². The number of nitrogens with one attached hydrogen (secondary N) is 2. The zero-order chi connectivity index (χ0) is 24.1. The Morgan fingerprint density at radius 2 is 1.35 bits per heavy atom. The molecular weight excluding hydrogens is 450 g/mol. The van der Waals surface area contributed by atoms with E-state index in [-0.39, 0.29) is 25.3 Å². The Hall–Kier alpha value is -2.97. The third kappa shape index (κ3) is 5.74. The summed E-state index contributed by atoms with van der Waals surface area (Å²) in [6.07, 6.45) is 3.51. The number of hydrogen-bond donors (Lipinski definition) is 4. The van der Waals surface area contributed by atoms with E-state index in [1.165, 1.54) is 0 Å². The smallest absolute Gasteiger partial charge is 0.0737 e. The van der Waals surface area contributed by atoms with Gasteiger partial charge in [-0.1, -0.05) is 23.7 Å². The molecule has 7 nitrogen and oxygen atoms in total. The number of anilines is 2. The average molecular weight is 480 g/mol. The summed E-state index contributed by atoms with van der Waals surface area (Å²) >= 11 is 6.10. The van der Waals surface area contributed by atoms with Crippen molar-refractivity contribution in [2.75, 3.05) is 44.0 Å². The topological polar surface area (TPSA) is 93.5 Å². The maximum atomic E-state index is 10.0. The van der Waals surface area contributed by atoms with Crippen molar-refractivity contribution in [3.05, 3.63) is 71.5 Å². The van der Waals surface area contributed by atoms with Gasteiger partial charge < -0.3 is 25.7 Å². The molecule has 0 unspecified atom stereocenters. The van der Waals surface area contributed by atoms with Gasteiger partial charge in [-0.05, 0) is 55.9 Å². The van der Waals surface area contributed by atoms with Crippen molar-refractivity contribution in [3.8, 4) is 0 Å². The van der Waals surface area contributed by atoms with E-state index in [1.54, 1.807) is 12.4 Å². The zero-order valence-corrected chi connectivity index (χ0v) is 20.1. The van der Waals surface area contributed by atoms with Gasteiger partial charge >= 0.3 is 0 Å². The van der Waals surface area contributed by atoms with Gasteiger partial charge in [0.15, 0.2) is 0 Å². The van der Waals surface area contributed by atoms with Gasteiger partial charge in [0.1, 0.15) is 0 Å². The molecule has 2 aromatic heterocycles. The molecule has 0 radical (unpaired) electrons. The summed E-state index contributed by atoms with van der Waals surface area (Å²) in [4.78, 5) is 10.9. The van der Waals surface area contributed by atoms with Crippen LogP contribution in [0.15, 0.2) is 60.9 Å². The van der Waals surface area contributed by atoms with E-state index in [0.29, 0.717) is 18.1 Å². The maximum absolute atomic E-state index is 10.0. The normalized spacial score (nSPS) is 13.4. The number of pyridine rings is 2. The minimum absolute atomic E-state index is 0.0208. The Kier molecular flexibility index (Phi) is 7.80. The molecule has 0 saturated heterocycles. The van der Waals surface area contributed by atoms with Gasteiger partial charge in [-0.25, -0.2) is 0 Å². The van der Waals surface area contributed by atoms with Crippen molar-refractivity contribution in [1.82, 2.24) is 14.9 Å². The Bertz CT molecular complexity index is 1170. The predicted octanol–water partition coefficient (Wildman–Crippen LogP) is 3.92. The molecular formula is C26H30ClN5O2. The van der Waals surface area contributed by atoms with Gasteiger partial charge in [0, 0.05) is 52.7 Å². The van der Waals surface area contributed by atoms with E-state index in [9.17, 15) is 10.2 Å². The number of rotatable bonds is 10. The van der Waals surface area contributed by atoms with Crippen molar-refractivity contribution in [1.29, 1.82) is 0 Å². The molecule has 0 aliphatic heterocycles. The summed E-state index contributed by atoms with van der Waals surface area (Å²) in [6.45, 7) is 3.17. The molecule has 0 saturated carbocycles. The molecule has 34 heavy (non-hydrogen) atoms. The van der Waals surface area contributed by atoms with Crippen LogP contribution in [0.3, 0.4) is 0 Å². The third-order valence-corrected chi connectivity index (χ3v) is 6.06. The first-order valence-corrected chi connectivity index (χ1v) is 11.7. The van der Waals surface area contributed by atoms with Crippen LogP contribution in [-0.4, -0.2) is 70.5 Å². The van der Waals surface area contributed by atoms with Gasteiger partial charge in [0.25, 0.3) is 0 Å². The fraction of sp³-hybridized carbons (Fsp3) is 0.308. The fourth-order valence-electron chi connectivity index (χ4n) is 4.20. The van der Waals surface area contributed by atoms with Gasteiger partial charge in [0.05, 0.1) is 36.3 Å². The zero-order valence-electron chi connectivity index (χ0n) is 19.4. The van der Waals surface area contributed by atoms with Crippen molar-refractivity contribution in [3.63, 3.8) is 0 Å². The van der Waals surface area contributed by atoms with Gasteiger partial charge in [-0.2, -0.15) is 0 Å². The van der Waals surface area contributed by atoms with Crippen LogP contribution in [0.4, 0.5) is 11.4 Å². The second kappa shape index (κ2) is 11.0. The highest BCUT2D eigenvalue weighted by Crippen LogP contribution is 2.25. The molecule has 8 heteroatoms. The van der Waals surface area contributed by atoms with Crippen molar-refractivity contribution in [2.24, 2.45) is 0 Å². The Morgan fingerprint density at radius 3 is 1.91 bits per heavy atom. The highest BCUT2D eigenvalue weighted by molar-refractivity contribution is 6.31. The van der Waals surface area contributed by atoms with Crippen LogP contribution in [0.5, 0.6) is 0 Å². The molecule has 0 amide bonds. The highest BCUT2D eigenvalue weighted by atomic mass is 35.5. The van der Waals surface area contributed by atoms with Crippen molar-refractivity contribution in [2.45, 2.75) is 19.0 Å². The maximum Gasteiger partial charge on any atom is 0.0737 e. The van der Waals surface area contributed by atoms with E-state index in [1.807, 2.05) is 44.3 Å². The number of halogens is 1. The van der Waals surface area contributed by atoms with Crippen molar-refractivity contribution < 1.29 is 10.2 Å². The molecule has 2 heterocycles. The Morgan fingerprint density at radius 1 is 0.824 bits per heavy atom. The molecule has 4 rings (SSSR count). The molecule has 0 aliphatic carbocycles. The Labute approximate surface area is 204 Å². The first-order valence-electron chi connectivity index (χ1n) is 11.3. The van der Waals surface area contributed by atoms with Crippen LogP contribution in [0.1, 0.15) is 5.56 Å². The van der Waals surface area contributed by atoms with Crippen LogP contribution in [0, 0.1) is 6.92 Å². The van der Waals surface area contributed by atoms with Crippen LogP contribution >= 0.6 is 11.6 Å². The van der Waals surface area contributed by atoms with E-state index < -0.39 is 0 Å². The van der Waals surface area contributed by atoms with Crippen LogP contribution in [-0.2, 0) is 0 Å². The fourth-order valence-corrected chi connectivity index (χ4v) is 4.36. The molecule has 0 bridgehead atoms. The molecule has 2 aromatic carbocycles. The number of aromatic nitrogens is 2. The number of aryl methyl sites for hydroxylation is 1. The quantitative estimate of drug-likeness (QED) is 0.274. The molecule has 0 spiro atoms. The van der Waals surface area contributed by atoms with Gasteiger partial charge in [-0.3, -0.25) is 9.97 Å². The predicted molar refractivity (Wildman–Crippen MR) is 140 cm³/mol. The summed E-state index contributed by atoms with van der Waals surface area (Å²) in [5, 5.41) is 29.5. The summed E-state index contributed by atoms with van der Waals surface area (Å²) < 4.78 is 0. The summed E-state index contributed by atoms with van der Waals surface area (Å²) in [7, 11) is 1.98. The second-order valence-corrected chi connectivity index (χ2v) is 9.10. The lowest BCUT2D eigenvalue weighted by Crippen LogP contribution is -2.43. The number of aliphatic hydroxyl groups is 2. The molecule has 178 valence electrons. The minimum atomic E-state index is -0.199. The van der Waals surface area contributed by atoms with E-state index >= 15 is 0 Å². The van der Waals surface area contributed by atoms with Gasteiger partial charge in [-0.15, -0.1) is 0 Å². The van der Waals surface area contributed by atoms with E-state index in [0.717, 1.165) is 38.7 Å². The number of aliphatic hydroxyl groups excluding tert-OH is 2. The SMILES string of the molecule is Cc1ccc2c(N[C@@H](CO)CN(C)C[C@H](CO)Nc3ccnc4cc(Cl)ccc34)ccnc2c1. The monoisotopic (exact) mass is 479 g/mol. The molecule has 2 atom stereocenters. The van der Waals surface area contributed by atoms with Crippen molar-refractivity contribution >= 4 is 44.8 Å². The van der Waals surface area contributed by atoms with Crippen LogP contribution < -0.4 is 10.6 Å². The third-order valence-electron chi connectivity index (χ3n) is 5.83. The summed E-state index contributed by atoms with van der Waals surface area (Å²) in [5.74, 6) is 0. The van der Waals surface area contributed by atoms with Gasteiger partial charge in [0.2, 0.25) is 0 Å². The lowest BCUT2D eigenvalue weighted by atomic mass is 10.1. The standard InChI is InChI=1S/C26H30ClN5O2/c1-17-3-5-21-23(7-9-28-25(21)11-17)30-19(15-33)13-32(2)14-20(16-34)31-24-8-10-29-26-12-18(27)4-6-22(24)26/h3-12,19-20,33-34H,13-16H2,1-2H3,(H,28,30)(H,29,31)/t19-,20-/m1/s1. The second-order valence-electron chi connectivity index (χ2n) is 8.67. The Balaban J connectivity index is 1.42. The number of likely N-dealkylation sites (N-methyl/N-ethyl adjacent to an activating group) is 1. The van der Waals surface area contributed by atoms with Crippen LogP contribution in [0.25, 0.3) is 21.8 Å². The number of hydrogen-bond acceptors (Lipinski definition) is 7. The highest BCUT2D eigenvalue weighted by Gasteiger charge is 2.17. The summed E-state index contributed by atoms with van der Waals surface area (Å²) in [5.41, 5.74) is 4.71. The average Bonchev–Trinajstić information content (AvgIpc) is 2.83. The molecule has 0 aliphatic rings. The van der Waals surface area contributed by atoms with E-state index in [2.05, 4.69) is 43.7 Å². The minimum Gasteiger partial charge on any atom is -0.394 e. The number of nitrogens with zero attached hydrogens (tertiary/aromatic N) is 3. The lowest BCUT2D eigenvalue weighted by molar-refractivity contribution is 0.204. The number of fused-ring (bicyclic) bond motifs is 2. The molecule has 0 fully saturated rings.